The number of amides is 1. The number of carbonyl (C=O) groups is 1. The quantitative estimate of drug-likeness (QED) is 0.694. The average Bonchev–Trinajstić information content (AvgIpc) is 2.59. The molecule has 2 rings (SSSR count). The van der Waals surface area contributed by atoms with Crippen LogP contribution in [0.15, 0.2) is 42.5 Å². The predicted molar refractivity (Wildman–Crippen MR) is 103 cm³/mol. The molecule has 0 aliphatic rings. The maximum atomic E-state index is 12.2. The highest BCUT2D eigenvalue weighted by Gasteiger charge is 2.09. The maximum absolute atomic E-state index is 12.2. The molecule has 140 valence electrons. The molecule has 0 aliphatic heterocycles. The van der Waals surface area contributed by atoms with Crippen molar-refractivity contribution < 1.29 is 17.9 Å². The minimum absolute atomic E-state index is 0.172. The molecule has 26 heavy (non-hydrogen) atoms. The van der Waals surface area contributed by atoms with Crippen molar-refractivity contribution in [3.8, 4) is 5.75 Å². The Bertz CT molecular complexity index is 862. The summed E-state index contributed by atoms with van der Waals surface area (Å²) in [5.41, 5.74) is 2.86. The Morgan fingerprint density at radius 2 is 1.81 bits per heavy atom. The number of aryl methyl sites for hydroxylation is 2. The van der Waals surface area contributed by atoms with E-state index < -0.39 is 10.0 Å². The lowest BCUT2D eigenvalue weighted by Gasteiger charge is -2.10. The second-order valence-electron chi connectivity index (χ2n) is 6.11. The van der Waals surface area contributed by atoms with Gasteiger partial charge in [0, 0.05) is 12.1 Å². The first-order valence-corrected chi connectivity index (χ1v) is 10.2. The number of benzene rings is 2. The number of hydrogen-bond donors (Lipinski definition) is 2. The Kier molecular flexibility index (Phi) is 6.63. The number of carbonyl (C=O) groups excluding carboxylic acids is 1. The zero-order chi connectivity index (χ0) is 19.2. The Labute approximate surface area is 154 Å². The van der Waals surface area contributed by atoms with E-state index in [0.717, 1.165) is 24.8 Å². The standard InChI is InChI=1S/C19H24N2O4S/c1-14-13-16(8-11-18(14)21-26(3,23)24)19(22)20-12-4-5-15-6-9-17(25-2)10-7-15/h6-11,13,21H,4-5,12H2,1-3H3,(H,20,22). The van der Waals surface area contributed by atoms with Gasteiger partial charge in [0.15, 0.2) is 0 Å². The summed E-state index contributed by atoms with van der Waals surface area (Å²) in [7, 11) is -1.70. The highest BCUT2D eigenvalue weighted by atomic mass is 32.2. The molecule has 0 atom stereocenters. The zero-order valence-electron chi connectivity index (χ0n) is 15.2. The maximum Gasteiger partial charge on any atom is 0.251 e. The lowest BCUT2D eigenvalue weighted by molar-refractivity contribution is 0.0953. The minimum Gasteiger partial charge on any atom is -0.497 e. The fourth-order valence-corrected chi connectivity index (χ4v) is 3.14. The van der Waals surface area contributed by atoms with Crippen molar-refractivity contribution in [1.29, 1.82) is 0 Å². The summed E-state index contributed by atoms with van der Waals surface area (Å²) in [6.07, 6.45) is 2.78. The number of anilines is 1. The molecule has 1 amide bonds. The second-order valence-corrected chi connectivity index (χ2v) is 7.86. The van der Waals surface area contributed by atoms with Gasteiger partial charge in [0.2, 0.25) is 10.0 Å². The summed E-state index contributed by atoms with van der Waals surface area (Å²) < 4.78 is 30.2. The van der Waals surface area contributed by atoms with E-state index in [4.69, 9.17) is 4.74 Å². The number of ether oxygens (including phenoxy) is 1. The van der Waals surface area contributed by atoms with E-state index in [1.165, 1.54) is 5.56 Å². The molecular formula is C19H24N2O4S. The van der Waals surface area contributed by atoms with Gasteiger partial charge < -0.3 is 10.1 Å². The molecule has 2 aromatic rings. The third kappa shape index (κ3) is 6.07. The molecule has 0 saturated carbocycles. The van der Waals surface area contributed by atoms with Crippen molar-refractivity contribution in [2.24, 2.45) is 0 Å². The van der Waals surface area contributed by atoms with Crippen LogP contribution in [0.5, 0.6) is 5.75 Å². The van der Waals surface area contributed by atoms with E-state index in [1.807, 2.05) is 24.3 Å². The summed E-state index contributed by atoms with van der Waals surface area (Å²) in [4.78, 5) is 12.2. The summed E-state index contributed by atoms with van der Waals surface area (Å²) >= 11 is 0. The molecule has 0 heterocycles. The lowest BCUT2D eigenvalue weighted by atomic mass is 10.1. The molecule has 2 aromatic carbocycles. The van der Waals surface area contributed by atoms with Gasteiger partial charge in [-0.2, -0.15) is 0 Å². The van der Waals surface area contributed by atoms with E-state index >= 15 is 0 Å². The van der Waals surface area contributed by atoms with Gasteiger partial charge in [0.05, 0.1) is 19.1 Å². The normalized spacial score (nSPS) is 11.0. The van der Waals surface area contributed by atoms with E-state index in [1.54, 1.807) is 32.2 Å². The summed E-state index contributed by atoms with van der Waals surface area (Å²) in [6, 6.07) is 12.7. The molecule has 0 bridgehead atoms. The summed E-state index contributed by atoms with van der Waals surface area (Å²) in [6.45, 7) is 2.32. The van der Waals surface area contributed by atoms with Gasteiger partial charge in [-0.3, -0.25) is 9.52 Å². The SMILES string of the molecule is COc1ccc(CCCNC(=O)c2ccc(NS(C)(=O)=O)c(C)c2)cc1. The van der Waals surface area contributed by atoms with Crippen LogP contribution in [-0.2, 0) is 16.4 Å². The summed E-state index contributed by atoms with van der Waals surface area (Å²) in [5, 5.41) is 2.88. The van der Waals surface area contributed by atoms with Crippen LogP contribution in [-0.4, -0.2) is 34.2 Å². The monoisotopic (exact) mass is 376 g/mol. The van der Waals surface area contributed by atoms with Crippen molar-refractivity contribution in [3.05, 3.63) is 59.2 Å². The van der Waals surface area contributed by atoms with Crippen LogP contribution in [0.3, 0.4) is 0 Å². The van der Waals surface area contributed by atoms with Crippen LogP contribution in [0.4, 0.5) is 5.69 Å². The number of sulfonamides is 1. The van der Waals surface area contributed by atoms with Gasteiger partial charge in [0.1, 0.15) is 5.75 Å². The zero-order valence-corrected chi connectivity index (χ0v) is 16.0. The van der Waals surface area contributed by atoms with E-state index in [-0.39, 0.29) is 5.91 Å². The number of hydrogen-bond acceptors (Lipinski definition) is 4. The largest absolute Gasteiger partial charge is 0.497 e. The van der Waals surface area contributed by atoms with Gasteiger partial charge in [-0.05, 0) is 61.2 Å². The molecule has 0 radical (unpaired) electrons. The molecule has 0 aromatic heterocycles. The van der Waals surface area contributed by atoms with Crippen LogP contribution >= 0.6 is 0 Å². The smallest absolute Gasteiger partial charge is 0.251 e. The third-order valence-corrected chi connectivity index (χ3v) is 4.46. The van der Waals surface area contributed by atoms with Crippen molar-refractivity contribution in [1.82, 2.24) is 5.32 Å². The average molecular weight is 376 g/mol. The fraction of sp³-hybridized carbons (Fsp3) is 0.316. The van der Waals surface area contributed by atoms with Crippen molar-refractivity contribution in [3.63, 3.8) is 0 Å². The molecule has 2 N–H and O–H groups in total. The molecule has 7 heteroatoms. The van der Waals surface area contributed by atoms with Crippen LogP contribution in [0, 0.1) is 6.92 Å². The molecule has 0 spiro atoms. The van der Waals surface area contributed by atoms with Gasteiger partial charge in [-0.25, -0.2) is 8.42 Å². The van der Waals surface area contributed by atoms with E-state index in [2.05, 4.69) is 10.0 Å². The fourth-order valence-electron chi connectivity index (χ4n) is 2.51. The Morgan fingerprint density at radius 1 is 1.12 bits per heavy atom. The molecule has 6 nitrogen and oxygen atoms in total. The summed E-state index contributed by atoms with van der Waals surface area (Å²) in [5.74, 6) is 0.653. The van der Waals surface area contributed by atoms with Crippen LogP contribution in [0.2, 0.25) is 0 Å². The third-order valence-electron chi connectivity index (χ3n) is 3.87. The first kappa shape index (κ1) is 19.8. The van der Waals surface area contributed by atoms with Gasteiger partial charge in [-0.1, -0.05) is 12.1 Å². The first-order valence-electron chi connectivity index (χ1n) is 8.28. The molecule has 0 fully saturated rings. The van der Waals surface area contributed by atoms with E-state index in [9.17, 15) is 13.2 Å². The minimum atomic E-state index is -3.34. The van der Waals surface area contributed by atoms with Crippen molar-refractivity contribution in [2.75, 3.05) is 24.6 Å². The molecule has 0 unspecified atom stereocenters. The highest BCUT2D eigenvalue weighted by Crippen LogP contribution is 2.17. The lowest BCUT2D eigenvalue weighted by Crippen LogP contribution is -2.25. The number of methoxy groups -OCH3 is 1. The van der Waals surface area contributed by atoms with Crippen LogP contribution in [0.1, 0.15) is 27.9 Å². The highest BCUT2D eigenvalue weighted by molar-refractivity contribution is 7.92. The first-order chi connectivity index (χ1) is 12.3. The molecule has 0 saturated heterocycles. The second kappa shape index (κ2) is 8.71. The van der Waals surface area contributed by atoms with E-state index in [0.29, 0.717) is 23.4 Å². The van der Waals surface area contributed by atoms with Crippen molar-refractivity contribution >= 4 is 21.6 Å². The Morgan fingerprint density at radius 3 is 2.38 bits per heavy atom. The Balaban J connectivity index is 1.84. The molecular weight excluding hydrogens is 352 g/mol. The van der Waals surface area contributed by atoms with Gasteiger partial charge in [-0.15, -0.1) is 0 Å². The topological polar surface area (TPSA) is 84.5 Å². The number of rotatable bonds is 8. The van der Waals surface area contributed by atoms with Crippen LogP contribution < -0.4 is 14.8 Å². The van der Waals surface area contributed by atoms with Crippen LogP contribution in [0.25, 0.3) is 0 Å². The molecule has 0 aliphatic carbocycles. The number of nitrogens with one attached hydrogen (secondary N) is 2. The predicted octanol–water partition coefficient (Wildman–Crippen LogP) is 2.74. The Hall–Kier alpha value is -2.54. The van der Waals surface area contributed by atoms with Crippen molar-refractivity contribution in [2.45, 2.75) is 19.8 Å². The van der Waals surface area contributed by atoms with Gasteiger partial charge in [0.25, 0.3) is 5.91 Å². The van der Waals surface area contributed by atoms with Gasteiger partial charge >= 0.3 is 0 Å².